The maximum Gasteiger partial charge on any atom is 0.324 e. The van der Waals surface area contributed by atoms with Crippen molar-refractivity contribution < 1.29 is 9.59 Å². The number of amides is 3. The van der Waals surface area contributed by atoms with E-state index in [1.165, 1.54) is 23.7 Å². The number of fused-ring (bicyclic) bond motifs is 1. The highest BCUT2D eigenvalue weighted by molar-refractivity contribution is 7.20. The molecule has 33 heavy (non-hydrogen) atoms. The lowest BCUT2D eigenvalue weighted by Crippen LogP contribution is -2.20. The molecule has 0 aliphatic rings. The zero-order valence-electron chi connectivity index (χ0n) is 16.9. The van der Waals surface area contributed by atoms with Gasteiger partial charge in [0.15, 0.2) is 5.82 Å². The Balaban J connectivity index is 1.43. The number of thiophene rings is 1. The minimum absolute atomic E-state index is 0.232. The summed E-state index contributed by atoms with van der Waals surface area (Å²) in [5.41, 5.74) is 1.89. The van der Waals surface area contributed by atoms with Crippen LogP contribution in [0.15, 0.2) is 61.2 Å². The molecule has 3 N–H and O–H groups in total. The number of pyridine rings is 1. The van der Waals surface area contributed by atoms with Crippen LogP contribution in [0.3, 0.4) is 0 Å². The van der Waals surface area contributed by atoms with Crippen LogP contribution in [0.5, 0.6) is 0 Å². The van der Waals surface area contributed by atoms with Crippen LogP contribution in [0.25, 0.3) is 16.3 Å². The van der Waals surface area contributed by atoms with Gasteiger partial charge in [-0.3, -0.25) is 15.1 Å². The molecule has 0 fully saturated rings. The molecule has 11 heteroatoms. The highest BCUT2D eigenvalue weighted by Crippen LogP contribution is 2.32. The number of carbonyl (C=O) groups excluding carboxylic acids is 2. The van der Waals surface area contributed by atoms with E-state index in [9.17, 15) is 9.59 Å². The lowest BCUT2D eigenvalue weighted by atomic mass is 10.2. The molecule has 8 nitrogen and oxygen atoms in total. The number of nitrogens with one attached hydrogen (secondary N) is 3. The van der Waals surface area contributed by atoms with Gasteiger partial charge >= 0.3 is 6.03 Å². The van der Waals surface area contributed by atoms with Crippen LogP contribution in [0, 0.1) is 0 Å². The van der Waals surface area contributed by atoms with Gasteiger partial charge in [-0.15, -0.1) is 11.3 Å². The molecule has 3 aromatic heterocycles. The molecule has 3 heterocycles. The third-order valence-corrected chi connectivity index (χ3v) is 6.10. The van der Waals surface area contributed by atoms with Crippen LogP contribution in [-0.4, -0.2) is 26.9 Å². The van der Waals surface area contributed by atoms with Crippen LogP contribution >= 0.6 is 34.5 Å². The van der Waals surface area contributed by atoms with Crippen LogP contribution in [0.1, 0.15) is 10.4 Å². The molecule has 1 aromatic carbocycles. The largest absolute Gasteiger partial charge is 0.348 e. The molecular formula is C22H16Cl2N6O2S. The van der Waals surface area contributed by atoms with Crippen LogP contribution < -0.4 is 16.0 Å². The number of rotatable bonds is 6. The summed E-state index contributed by atoms with van der Waals surface area (Å²) in [6, 6.07) is 9.85. The maximum atomic E-state index is 12.5. The quantitative estimate of drug-likeness (QED) is 0.309. The van der Waals surface area contributed by atoms with Gasteiger partial charge < -0.3 is 10.6 Å². The molecule has 0 saturated carbocycles. The van der Waals surface area contributed by atoms with Gasteiger partial charge in [0.05, 0.1) is 25.9 Å². The van der Waals surface area contributed by atoms with Gasteiger partial charge in [-0.25, -0.2) is 14.8 Å². The second-order valence-corrected chi connectivity index (χ2v) is 8.57. The van der Waals surface area contributed by atoms with Crippen molar-refractivity contribution in [3.63, 3.8) is 0 Å². The SMILES string of the molecule is O=C(/C=C/c1cc2ncnc(NC(=O)Nc3c(Cl)cccc3Cl)c2s1)NCc1ccncc1. The lowest BCUT2D eigenvalue weighted by Gasteiger charge is -2.10. The van der Waals surface area contributed by atoms with Crippen LogP contribution in [-0.2, 0) is 11.3 Å². The van der Waals surface area contributed by atoms with Gasteiger partial charge in [-0.2, -0.15) is 0 Å². The average Bonchev–Trinajstić information content (AvgIpc) is 3.24. The van der Waals surface area contributed by atoms with Crippen molar-refractivity contribution in [2.75, 3.05) is 10.6 Å². The molecule has 0 radical (unpaired) electrons. The van der Waals surface area contributed by atoms with Crippen molar-refractivity contribution in [3.8, 4) is 0 Å². The van der Waals surface area contributed by atoms with Crippen molar-refractivity contribution in [1.29, 1.82) is 0 Å². The topological polar surface area (TPSA) is 109 Å². The summed E-state index contributed by atoms with van der Waals surface area (Å²) < 4.78 is 0.662. The normalized spacial score (nSPS) is 11.0. The van der Waals surface area contributed by atoms with Crippen LogP contribution in [0.4, 0.5) is 16.3 Å². The highest BCUT2D eigenvalue weighted by Gasteiger charge is 2.13. The Bertz CT molecular complexity index is 1320. The van der Waals surface area contributed by atoms with Gasteiger partial charge in [0, 0.05) is 29.9 Å². The third-order valence-electron chi connectivity index (χ3n) is 4.38. The molecule has 0 unspecified atom stereocenters. The van der Waals surface area contributed by atoms with Gasteiger partial charge in [-0.05, 0) is 42.0 Å². The van der Waals surface area contributed by atoms with Crippen molar-refractivity contribution >= 4 is 74.3 Å². The molecule has 0 spiro atoms. The Morgan fingerprint density at radius 1 is 1.03 bits per heavy atom. The minimum Gasteiger partial charge on any atom is -0.348 e. The van der Waals surface area contributed by atoms with E-state index < -0.39 is 6.03 Å². The van der Waals surface area contributed by atoms with E-state index in [2.05, 4.69) is 30.9 Å². The number of halogens is 2. The number of benzene rings is 1. The number of carbonyl (C=O) groups is 2. The molecule has 0 atom stereocenters. The van der Waals surface area contributed by atoms with E-state index in [-0.39, 0.29) is 5.91 Å². The molecule has 0 saturated heterocycles. The zero-order valence-corrected chi connectivity index (χ0v) is 19.2. The first kappa shape index (κ1) is 22.7. The number of aromatic nitrogens is 3. The smallest absolute Gasteiger partial charge is 0.324 e. The number of hydrogen-bond acceptors (Lipinski definition) is 6. The molecule has 4 rings (SSSR count). The van der Waals surface area contributed by atoms with E-state index in [0.717, 1.165) is 10.4 Å². The number of nitrogens with zero attached hydrogens (tertiary/aromatic N) is 3. The molecule has 166 valence electrons. The third kappa shape index (κ3) is 5.83. The maximum absolute atomic E-state index is 12.5. The van der Waals surface area contributed by atoms with Crippen LogP contribution in [0.2, 0.25) is 10.0 Å². The van der Waals surface area contributed by atoms with E-state index in [1.807, 2.05) is 18.2 Å². The van der Waals surface area contributed by atoms with Crippen molar-refractivity contribution in [3.05, 3.63) is 81.7 Å². The fourth-order valence-corrected chi connectivity index (χ4v) is 4.27. The number of anilines is 2. The molecule has 4 aromatic rings. The molecule has 0 aliphatic heterocycles. The van der Waals surface area contributed by atoms with Gasteiger partial charge in [-0.1, -0.05) is 29.3 Å². The number of hydrogen-bond donors (Lipinski definition) is 3. The summed E-state index contributed by atoms with van der Waals surface area (Å²) in [7, 11) is 0. The summed E-state index contributed by atoms with van der Waals surface area (Å²) in [4.78, 5) is 37.7. The monoisotopic (exact) mass is 498 g/mol. The molecular weight excluding hydrogens is 483 g/mol. The predicted molar refractivity (Wildman–Crippen MR) is 132 cm³/mol. The van der Waals surface area contributed by atoms with Gasteiger partial charge in [0.1, 0.15) is 6.33 Å². The second-order valence-electron chi connectivity index (χ2n) is 6.67. The van der Waals surface area contributed by atoms with Gasteiger partial charge in [0.2, 0.25) is 5.91 Å². The predicted octanol–water partition coefficient (Wildman–Crippen LogP) is 5.37. The summed E-state index contributed by atoms with van der Waals surface area (Å²) in [5.74, 6) is 0.0946. The molecule has 0 aliphatic carbocycles. The fraction of sp³-hybridized carbons (Fsp3) is 0.0455. The van der Waals surface area contributed by atoms with E-state index in [4.69, 9.17) is 23.2 Å². The Morgan fingerprint density at radius 3 is 2.55 bits per heavy atom. The average molecular weight is 499 g/mol. The number of para-hydroxylation sites is 1. The minimum atomic E-state index is -0.550. The summed E-state index contributed by atoms with van der Waals surface area (Å²) in [6.45, 7) is 0.405. The van der Waals surface area contributed by atoms with E-state index in [1.54, 1.807) is 36.7 Å². The Kier molecular flexibility index (Phi) is 7.13. The second kappa shape index (κ2) is 10.4. The highest BCUT2D eigenvalue weighted by atomic mass is 35.5. The molecule has 0 bridgehead atoms. The first-order valence-corrected chi connectivity index (χ1v) is 11.2. The van der Waals surface area contributed by atoms with E-state index in [0.29, 0.717) is 38.3 Å². The Labute approximate surface area is 202 Å². The van der Waals surface area contributed by atoms with Crippen molar-refractivity contribution in [1.82, 2.24) is 20.3 Å². The zero-order chi connectivity index (χ0) is 23.2. The lowest BCUT2D eigenvalue weighted by molar-refractivity contribution is -0.116. The Hall–Kier alpha value is -3.53. The fourth-order valence-electron chi connectivity index (χ4n) is 2.82. The molecule has 3 amide bonds. The van der Waals surface area contributed by atoms with Gasteiger partial charge in [0.25, 0.3) is 0 Å². The summed E-state index contributed by atoms with van der Waals surface area (Å²) >= 11 is 13.5. The first-order valence-electron chi connectivity index (χ1n) is 9.61. The standard InChI is InChI=1S/C22H16Cl2N6O2S/c23-15-2-1-3-16(24)19(15)29-22(32)30-21-20-17(27-12-28-21)10-14(33-20)4-5-18(31)26-11-13-6-8-25-9-7-13/h1-10,12H,11H2,(H,26,31)(H2,27,28,29,30,32)/b5-4+. The van der Waals surface area contributed by atoms with Crippen molar-refractivity contribution in [2.24, 2.45) is 0 Å². The first-order chi connectivity index (χ1) is 16.0. The van der Waals surface area contributed by atoms with E-state index >= 15 is 0 Å². The summed E-state index contributed by atoms with van der Waals surface area (Å²) in [5, 5.41) is 8.75. The number of urea groups is 1. The Morgan fingerprint density at radius 2 is 1.79 bits per heavy atom. The summed E-state index contributed by atoms with van der Waals surface area (Å²) in [6.07, 6.45) is 7.82. The van der Waals surface area contributed by atoms with Crippen molar-refractivity contribution in [2.45, 2.75) is 6.54 Å².